The summed E-state index contributed by atoms with van der Waals surface area (Å²) < 4.78 is 1.84. The van der Waals surface area contributed by atoms with Crippen LogP contribution in [0, 0.1) is 0 Å². The maximum atomic E-state index is 11.2. The molecule has 2 N–H and O–H groups in total. The van der Waals surface area contributed by atoms with E-state index in [-0.39, 0.29) is 5.88 Å². The summed E-state index contributed by atoms with van der Waals surface area (Å²) in [5, 5.41) is 13.4. The second kappa shape index (κ2) is 5.86. The molecule has 0 amide bonds. The third-order valence-electron chi connectivity index (χ3n) is 6.59. The maximum Gasteiger partial charge on any atom is 0.201 e. The largest absolute Gasteiger partial charge is 0.494 e. The Morgan fingerprint density at radius 2 is 1.57 bits per heavy atom. The third kappa shape index (κ3) is 2.03. The summed E-state index contributed by atoms with van der Waals surface area (Å²) in [5.74, 6) is 0.244. The second-order valence-electron chi connectivity index (χ2n) is 8.13. The van der Waals surface area contributed by atoms with Crippen molar-refractivity contribution in [3.05, 3.63) is 95.7 Å². The number of fused-ring (bicyclic) bond motifs is 3. The Morgan fingerprint density at radius 3 is 2.43 bits per heavy atom. The van der Waals surface area contributed by atoms with Crippen LogP contribution in [0.15, 0.2) is 84.0 Å². The van der Waals surface area contributed by atoms with Crippen LogP contribution in [-0.2, 0) is 12.5 Å². The number of para-hydroxylation sites is 3. The first-order valence-corrected chi connectivity index (χ1v) is 10.1. The molecule has 4 heteroatoms. The van der Waals surface area contributed by atoms with Crippen LogP contribution in [0.4, 0.5) is 5.69 Å². The lowest BCUT2D eigenvalue weighted by Crippen LogP contribution is -2.31. The maximum absolute atomic E-state index is 11.2. The van der Waals surface area contributed by atoms with E-state index in [4.69, 9.17) is 4.99 Å². The lowest BCUT2D eigenvalue weighted by molar-refractivity contribution is 0.434. The predicted octanol–water partition coefficient (Wildman–Crippen LogP) is 5.81. The Bertz CT molecular complexity index is 1490. The first-order valence-electron chi connectivity index (χ1n) is 10.1. The Labute approximate surface area is 174 Å². The van der Waals surface area contributed by atoms with Crippen molar-refractivity contribution in [1.82, 2.24) is 9.55 Å². The minimum Gasteiger partial charge on any atom is -0.494 e. The van der Waals surface area contributed by atoms with Crippen LogP contribution in [0.5, 0.6) is 5.88 Å². The van der Waals surface area contributed by atoms with Gasteiger partial charge in [-0.1, -0.05) is 54.6 Å². The Hall–Kier alpha value is -3.79. The SMILES string of the molecule is Cn1c(O)c(C2=Nc3ccccc3[C@]2(C)c2c[nH]c3ccccc23)c2ccccc21. The molecule has 0 fully saturated rings. The van der Waals surface area contributed by atoms with E-state index in [1.165, 1.54) is 5.39 Å². The van der Waals surface area contributed by atoms with Gasteiger partial charge in [0, 0.05) is 29.5 Å². The molecule has 1 aliphatic heterocycles. The fraction of sp³-hybridized carbons (Fsp3) is 0.115. The van der Waals surface area contributed by atoms with Crippen LogP contribution >= 0.6 is 0 Å². The predicted molar refractivity (Wildman–Crippen MR) is 122 cm³/mol. The first-order chi connectivity index (χ1) is 14.6. The van der Waals surface area contributed by atoms with Crippen LogP contribution < -0.4 is 0 Å². The van der Waals surface area contributed by atoms with Crippen LogP contribution in [0.1, 0.15) is 23.6 Å². The highest BCUT2D eigenvalue weighted by molar-refractivity contribution is 6.23. The van der Waals surface area contributed by atoms with E-state index in [0.717, 1.165) is 44.5 Å². The molecule has 1 atom stereocenters. The summed E-state index contributed by atoms with van der Waals surface area (Å²) in [6.07, 6.45) is 2.09. The number of aromatic nitrogens is 2. The number of hydrogen-bond donors (Lipinski definition) is 2. The van der Waals surface area contributed by atoms with Crippen LogP contribution in [0.2, 0.25) is 0 Å². The van der Waals surface area contributed by atoms with Crippen molar-refractivity contribution in [2.75, 3.05) is 0 Å². The van der Waals surface area contributed by atoms with Gasteiger partial charge in [0.15, 0.2) is 0 Å². The number of hydrogen-bond acceptors (Lipinski definition) is 2. The van der Waals surface area contributed by atoms with Crippen molar-refractivity contribution in [3.63, 3.8) is 0 Å². The molecule has 0 saturated heterocycles. The molecule has 1 aliphatic rings. The zero-order chi connectivity index (χ0) is 20.5. The lowest BCUT2D eigenvalue weighted by atomic mass is 9.71. The molecule has 0 unspecified atom stereocenters. The number of benzene rings is 3. The van der Waals surface area contributed by atoms with Gasteiger partial charge in [-0.15, -0.1) is 0 Å². The van der Waals surface area contributed by atoms with E-state index < -0.39 is 5.41 Å². The van der Waals surface area contributed by atoms with Gasteiger partial charge >= 0.3 is 0 Å². The Balaban J connectivity index is 1.72. The molecule has 5 aromatic rings. The van der Waals surface area contributed by atoms with Gasteiger partial charge in [0.25, 0.3) is 0 Å². The van der Waals surface area contributed by atoms with E-state index >= 15 is 0 Å². The van der Waals surface area contributed by atoms with Crippen molar-refractivity contribution < 1.29 is 5.11 Å². The van der Waals surface area contributed by atoms with Crippen molar-refractivity contribution in [2.24, 2.45) is 12.0 Å². The molecule has 0 saturated carbocycles. The topological polar surface area (TPSA) is 53.3 Å². The van der Waals surface area contributed by atoms with Crippen LogP contribution in [-0.4, -0.2) is 20.4 Å². The summed E-state index contributed by atoms with van der Waals surface area (Å²) in [6, 6.07) is 24.7. The van der Waals surface area contributed by atoms with Gasteiger partial charge in [-0.05, 0) is 36.2 Å². The van der Waals surface area contributed by atoms with Gasteiger partial charge in [-0.25, -0.2) is 0 Å². The normalized spacial score (nSPS) is 18.1. The number of aliphatic imine (C=N–C) groups is 1. The van der Waals surface area contributed by atoms with Crippen molar-refractivity contribution >= 4 is 33.2 Å². The van der Waals surface area contributed by atoms with Crippen LogP contribution in [0.3, 0.4) is 0 Å². The molecular weight excluding hydrogens is 370 g/mol. The summed E-state index contributed by atoms with van der Waals surface area (Å²) in [6.45, 7) is 2.22. The number of aromatic hydroxyl groups is 1. The van der Waals surface area contributed by atoms with E-state index in [0.29, 0.717) is 0 Å². The zero-order valence-electron chi connectivity index (χ0n) is 16.8. The molecule has 0 spiro atoms. The van der Waals surface area contributed by atoms with E-state index in [1.807, 2.05) is 41.9 Å². The number of aryl methyl sites for hydroxylation is 1. The molecular formula is C26H21N3O. The monoisotopic (exact) mass is 391 g/mol. The quantitative estimate of drug-likeness (QED) is 0.392. The van der Waals surface area contributed by atoms with Crippen molar-refractivity contribution in [1.29, 1.82) is 0 Å². The second-order valence-corrected chi connectivity index (χ2v) is 8.13. The van der Waals surface area contributed by atoms with Crippen molar-refractivity contribution in [3.8, 4) is 5.88 Å². The van der Waals surface area contributed by atoms with Gasteiger partial charge in [0.05, 0.1) is 27.9 Å². The summed E-state index contributed by atoms with van der Waals surface area (Å²) >= 11 is 0. The minimum absolute atomic E-state index is 0.244. The number of nitrogens with zero attached hydrogens (tertiary/aromatic N) is 2. The van der Waals surface area contributed by atoms with E-state index in [9.17, 15) is 5.11 Å². The average molecular weight is 391 g/mol. The molecule has 30 heavy (non-hydrogen) atoms. The number of nitrogens with one attached hydrogen (secondary N) is 1. The standard InChI is InChI=1S/C26H21N3O/c1-26(19-15-27-20-12-6-3-9-16(19)20)18-11-5-7-13-21(18)28-24(26)23-17-10-4-8-14-22(17)29(2)25(23)30/h3-15,27,30H,1-2H3/t26-/m1/s1. The first kappa shape index (κ1) is 17.1. The molecule has 3 aromatic carbocycles. The summed E-state index contributed by atoms with van der Waals surface area (Å²) in [4.78, 5) is 8.52. The molecule has 0 bridgehead atoms. The molecule has 4 nitrogen and oxygen atoms in total. The Morgan fingerprint density at radius 1 is 0.867 bits per heavy atom. The lowest BCUT2D eigenvalue weighted by Gasteiger charge is -2.28. The number of rotatable bonds is 2. The third-order valence-corrected chi connectivity index (χ3v) is 6.59. The minimum atomic E-state index is -0.502. The number of aromatic amines is 1. The van der Waals surface area contributed by atoms with Gasteiger partial charge in [0.2, 0.25) is 5.88 Å². The Kier molecular flexibility index (Phi) is 3.34. The highest BCUT2D eigenvalue weighted by Crippen LogP contribution is 2.50. The van der Waals surface area contributed by atoms with Crippen molar-refractivity contribution in [2.45, 2.75) is 12.3 Å². The van der Waals surface area contributed by atoms with E-state index in [1.54, 1.807) is 0 Å². The highest BCUT2D eigenvalue weighted by Gasteiger charge is 2.44. The summed E-state index contributed by atoms with van der Waals surface area (Å²) in [5.41, 5.74) is 6.53. The molecule has 0 aliphatic carbocycles. The molecule has 6 rings (SSSR count). The fourth-order valence-corrected chi connectivity index (χ4v) is 5.03. The van der Waals surface area contributed by atoms with Crippen LogP contribution in [0.25, 0.3) is 21.8 Å². The zero-order valence-corrected chi connectivity index (χ0v) is 16.8. The van der Waals surface area contributed by atoms with Gasteiger partial charge in [0.1, 0.15) is 0 Å². The number of H-pyrrole nitrogens is 1. The average Bonchev–Trinajstić information content (AvgIpc) is 3.41. The molecule has 2 aromatic heterocycles. The summed E-state index contributed by atoms with van der Waals surface area (Å²) in [7, 11) is 1.90. The highest BCUT2D eigenvalue weighted by atomic mass is 16.3. The van der Waals surface area contributed by atoms with Gasteiger partial charge < -0.3 is 14.7 Å². The fourth-order valence-electron chi connectivity index (χ4n) is 5.03. The van der Waals surface area contributed by atoms with E-state index in [2.05, 4.69) is 60.6 Å². The molecule has 3 heterocycles. The van der Waals surface area contributed by atoms with Gasteiger partial charge in [-0.3, -0.25) is 4.99 Å². The smallest absolute Gasteiger partial charge is 0.201 e. The van der Waals surface area contributed by atoms with Gasteiger partial charge in [-0.2, -0.15) is 0 Å². The molecule has 0 radical (unpaired) electrons. The molecule has 146 valence electrons.